The molecule has 1 aliphatic rings. The third-order valence-electron chi connectivity index (χ3n) is 3.79. The number of alkyl halides is 2. The van der Waals surface area contributed by atoms with Gasteiger partial charge >= 0.3 is 5.97 Å². The van der Waals surface area contributed by atoms with E-state index >= 15 is 0 Å². The zero-order valence-electron chi connectivity index (χ0n) is 12.2. The smallest absolute Gasteiger partial charge is 0.338 e. The fraction of sp³-hybridized carbons (Fsp3) is 0.222. The Labute approximate surface area is 144 Å². The van der Waals surface area contributed by atoms with Crippen molar-refractivity contribution in [2.24, 2.45) is 5.92 Å². The van der Waals surface area contributed by atoms with Gasteiger partial charge in [0, 0.05) is 17.0 Å². The molecule has 1 saturated carbocycles. The van der Waals surface area contributed by atoms with Crippen LogP contribution in [0.3, 0.4) is 0 Å². The molecule has 0 N–H and O–H groups in total. The SMILES string of the molecule is O=C(OC[C@@H]1CC1(Cl)Cl)c1ccc(C(=O)c2ccccc2)cc1. The van der Waals surface area contributed by atoms with Crippen LogP contribution in [0.15, 0.2) is 54.6 Å². The van der Waals surface area contributed by atoms with Gasteiger partial charge in [0.05, 0.1) is 12.2 Å². The van der Waals surface area contributed by atoms with Crippen LogP contribution in [0.4, 0.5) is 0 Å². The molecule has 5 heteroatoms. The molecule has 0 heterocycles. The van der Waals surface area contributed by atoms with Gasteiger partial charge in [-0.15, -0.1) is 23.2 Å². The molecule has 0 bridgehead atoms. The lowest BCUT2D eigenvalue weighted by Gasteiger charge is -2.06. The van der Waals surface area contributed by atoms with Crippen molar-refractivity contribution in [3.63, 3.8) is 0 Å². The lowest BCUT2D eigenvalue weighted by molar-refractivity contribution is 0.0485. The molecule has 2 aromatic rings. The van der Waals surface area contributed by atoms with Gasteiger partial charge in [-0.05, 0) is 18.6 Å². The van der Waals surface area contributed by atoms with E-state index in [1.165, 1.54) is 0 Å². The molecule has 0 aromatic heterocycles. The first-order valence-electron chi connectivity index (χ1n) is 7.22. The van der Waals surface area contributed by atoms with Crippen molar-refractivity contribution < 1.29 is 14.3 Å². The molecule has 0 spiro atoms. The van der Waals surface area contributed by atoms with Crippen LogP contribution in [0, 0.1) is 5.92 Å². The van der Waals surface area contributed by atoms with E-state index in [9.17, 15) is 9.59 Å². The fourth-order valence-electron chi connectivity index (χ4n) is 2.22. The molecule has 1 atom stereocenters. The molecule has 0 aliphatic heterocycles. The first kappa shape index (κ1) is 16.0. The lowest BCUT2D eigenvalue weighted by Crippen LogP contribution is -2.10. The maximum absolute atomic E-state index is 12.3. The summed E-state index contributed by atoms with van der Waals surface area (Å²) in [5.74, 6) is -0.536. The van der Waals surface area contributed by atoms with Gasteiger partial charge in [-0.25, -0.2) is 4.79 Å². The van der Waals surface area contributed by atoms with Gasteiger partial charge < -0.3 is 4.74 Å². The third kappa shape index (κ3) is 3.74. The lowest BCUT2D eigenvalue weighted by atomic mass is 10.0. The quantitative estimate of drug-likeness (QED) is 0.460. The van der Waals surface area contributed by atoms with Gasteiger partial charge in [-0.1, -0.05) is 42.5 Å². The maximum Gasteiger partial charge on any atom is 0.338 e. The largest absolute Gasteiger partial charge is 0.462 e. The van der Waals surface area contributed by atoms with Crippen LogP contribution >= 0.6 is 23.2 Å². The predicted molar refractivity (Wildman–Crippen MR) is 89.1 cm³/mol. The highest BCUT2D eigenvalue weighted by Gasteiger charge is 2.52. The Hall–Kier alpha value is -1.84. The van der Waals surface area contributed by atoms with Crippen LogP contribution in [-0.4, -0.2) is 22.7 Å². The van der Waals surface area contributed by atoms with Gasteiger partial charge in [0.25, 0.3) is 0 Å². The van der Waals surface area contributed by atoms with E-state index in [0.717, 1.165) is 0 Å². The van der Waals surface area contributed by atoms with E-state index in [2.05, 4.69) is 0 Å². The van der Waals surface area contributed by atoms with Crippen LogP contribution in [0.25, 0.3) is 0 Å². The zero-order valence-corrected chi connectivity index (χ0v) is 13.7. The fourth-order valence-corrected chi connectivity index (χ4v) is 2.72. The summed E-state index contributed by atoms with van der Waals surface area (Å²) >= 11 is 11.8. The van der Waals surface area contributed by atoms with Crippen molar-refractivity contribution in [2.75, 3.05) is 6.61 Å². The molecule has 0 radical (unpaired) electrons. The average molecular weight is 349 g/mol. The van der Waals surface area contributed by atoms with E-state index in [4.69, 9.17) is 27.9 Å². The van der Waals surface area contributed by atoms with Gasteiger partial charge in [-0.3, -0.25) is 4.79 Å². The van der Waals surface area contributed by atoms with Crippen molar-refractivity contribution in [1.82, 2.24) is 0 Å². The second-order valence-corrected chi connectivity index (χ2v) is 7.08. The summed E-state index contributed by atoms with van der Waals surface area (Å²) < 4.78 is 4.42. The molecule has 0 unspecified atom stereocenters. The first-order valence-corrected chi connectivity index (χ1v) is 7.98. The first-order chi connectivity index (χ1) is 11.0. The predicted octanol–water partition coefficient (Wildman–Crippen LogP) is 4.27. The van der Waals surface area contributed by atoms with E-state index in [1.807, 2.05) is 18.2 Å². The number of rotatable bonds is 5. The Kier molecular flexibility index (Phi) is 4.42. The second kappa shape index (κ2) is 6.34. The molecule has 1 aliphatic carbocycles. The van der Waals surface area contributed by atoms with Crippen LogP contribution < -0.4 is 0 Å². The highest BCUT2D eigenvalue weighted by atomic mass is 35.5. The number of esters is 1. The topological polar surface area (TPSA) is 43.4 Å². The third-order valence-corrected chi connectivity index (χ3v) is 4.72. The number of halogens is 2. The van der Waals surface area contributed by atoms with Crippen molar-refractivity contribution in [2.45, 2.75) is 10.8 Å². The summed E-state index contributed by atoms with van der Waals surface area (Å²) in [5.41, 5.74) is 1.53. The monoisotopic (exact) mass is 348 g/mol. The Morgan fingerprint density at radius 3 is 2.04 bits per heavy atom. The Balaban J connectivity index is 1.63. The van der Waals surface area contributed by atoms with Crippen LogP contribution in [0.2, 0.25) is 0 Å². The summed E-state index contributed by atoms with van der Waals surface area (Å²) in [6, 6.07) is 15.4. The molecular formula is C18H14Cl2O3. The maximum atomic E-state index is 12.3. The molecule has 3 rings (SSSR count). The second-order valence-electron chi connectivity index (χ2n) is 5.53. The standard InChI is InChI=1S/C18H14Cl2O3/c19-18(20)10-15(18)11-23-17(22)14-8-6-13(7-9-14)16(21)12-4-2-1-3-5-12/h1-9,15H,10-11H2/t15-/m0/s1. The highest BCUT2D eigenvalue weighted by molar-refractivity contribution is 6.50. The van der Waals surface area contributed by atoms with E-state index in [0.29, 0.717) is 23.1 Å². The number of ketones is 1. The van der Waals surface area contributed by atoms with E-state index in [1.54, 1.807) is 36.4 Å². The Morgan fingerprint density at radius 2 is 1.48 bits per heavy atom. The number of carbonyl (C=O) groups excluding carboxylic acids is 2. The van der Waals surface area contributed by atoms with Crippen molar-refractivity contribution in [1.29, 1.82) is 0 Å². The number of carbonyl (C=O) groups is 2. The zero-order chi connectivity index (χ0) is 16.4. The van der Waals surface area contributed by atoms with Crippen LogP contribution in [0.1, 0.15) is 32.7 Å². The summed E-state index contributed by atoms with van der Waals surface area (Å²) in [6.45, 7) is 0.205. The molecule has 2 aromatic carbocycles. The molecule has 118 valence electrons. The number of ether oxygens (including phenoxy) is 1. The minimum absolute atomic E-state index is 0.00582. The van der Waals surface area contributed by atoms with Gasteiger partial charge in [0.2, 0.25) is 0 Å². The van der Waals surface area contributed by atoms with Crippen molar-refractivity contribution in [3.8, 4) is 0 Å². The van der Waals surface area contributed by atoms with Gasteiger partial charge in [0.1, 0.15) is 4.33 Å². The number of hydrogen-bond donors (Lipinski definition) is 0. The number of hydrogen-bond acceptors (Lipinski definition) is 3. The van der Waals surface area contributed by atoms with Gasteiger partial charge in [0.15, 0.2) is 5.78 Å². The van der Waals surface area contributed by atoms with Crippen molar-refractivity contribution in [3.05, 3.63) is 71.3 Å². The average Bonchev–Trinajstić information content (AvgIpc) is 3.20. The highest BCUT2D eigenvalue weighted by Crippen LogP contribution is 2.53. The molecule has 0 amide bonds. The van der Waals surface area contributed by atoms with Crippen molar-refractivity contribution >= 4 is 35.0 Å². The summed E-state index contributed by atoms with van der Waals surface area (Å²) in [6.07, 6.45) is 0.633. The summed E-state index contributed by atoms with van der Waals surface area (Å²) in [4.78, 5) is 24.2. The van der Waals surface area contributed by atoms with Crippen LogP contribution in [-0.2, 0) is 4.74 Å². The minimum atomic E-state index is -0.758. The van der Waals surface area contributed by atoms with E-state index in [-0.39, 0.29) is 18.3 Å². The van der Waals surface area contributed by atoms with E-state index < -0.39 is 10.3 Å². The summed E-state index contributed by atoms with van der Waals surface area (Å²) in [5, 5.41) is 0. The Morgan fingerprint density at radius 1 is 0.957 bits per heavy atom. The molecule has 23 heavy (non-hydrogen) atoms. The Bertz CT molecular complexity index is 724. The van der Waals surface area contributed by atoms with Crippen LogP contribution in [0.5, 0.6) is 0 Å². The molecular weight excluding hydrogens is 335 g/mol. The molecule has 3 nitrogen and oxygen atoms in total. The minimum Gasteiger partial charge on any atom is -0.462 e. The normalized spacial score (nSPS) is 18.3. The van der Waals surface area contributed by atoms with Gasteiger partial charge in [-0.2, -0.15) is 0 Å². The molecule has 1 fully saturated rings. The summed E-state index contributed by atoms with van der Waals surface area (Å²) in [7, 11) is 0. The number of benzene rings is 2. The molecule has 0 saturated heterocycles.